The van der Waals surface area contributed by atoms with E-state index in [1.54, 1.807) is 22.8 Å². The first-order chi connectivity index (χ1) is 13.6. The van der Waals surface area contributed by atoms with E-state index in [4.69, 9.17) is 23.2 Å². The number of alkyl halides is 3. The van der Waals surface area contributed by atoms with Crippen LogP contribution >= 0.6 is 35.0 Å². The molecule has 2 aromatic heterocycles. The number of hydrogen-bond donors (Lipinski definition) is 1. The van der Waals surface area contributed by atoms with Crippen LogP contribution in [0, 0.1) is 0 Å². The van der Waals surface area contributed by atoms with Crippen molar-refractivity contribution in [3.8, 4) is 5.69 Å². The summed E-state index contributed by atoms with van der Waals surface area (Å²) < 4.78 is 39.8. The van der Waals surface area contributed by atoms with Gasteiger partial charge in [0.2, 0.25) is 11.1 Å². The molecule has 0 bridgehead atoms. The maximum atomic E-state index is 12.7. The minimum Gasteiger partial charge on any atom is -0.349 e. The summed E-state index contributed by atoms with van der Waals surface area (Å²) >= 11 is 13.1. The highest BCUT2D eigenvalue weighted by Crippen LogP contribution is 2.33. The summed E-state index contributed by atoms with van der Waals surface area (Å²) in [6, 6.07) is 7.04. The van der Waals surface area contributed by atoms with Gasteiger partial charge >= 0.3 is 6.18 Å². The first-order valence-corrected chi connectivity index (χ1v) is 9.57. The number of rotatable bonds is 5. The van der Waals surface area contributed by atoms with Gasteiger partial charge in [-0.3, -0.25) is 9.36 Å². The third kappa shape index (κ3) is 5.20. The maximum Gasteiger partial charge on any atom is 0.417 e. The van der Waals surface area contributed by atoms with Crippen molar-refractivity contribution in [1.29, 1.82) is 0 Å². The highest BCUT2D eigenvalue weighted by atomic mass is 35.5. The van der Waals surface area contributed by atoms with E-state index in [2.05, 4.69) is 20.5 Å². The number of hydrogen-bond acceptors (Lipinski definition) is 5. The number of amides is 1. The van der Waals surface area contributed by atoms with Crippen LogP contribution in [0.1, 0.15) is 18.3 Å². The topological polar surface area (TPSA) is 72.7 Å². The van der Waals surface area contributed by atoms with E-state index in [9.17, 15) is 18.0 Å². The normalized spacial score (nSPS) is 11.5. The van der Waals surface area contributed by atoms with E-state index in [0.717, 1.165) is 24.0 Å². The van der Waals surface area contributed by atoms with Crippen LogP contribution in [0.5, 0.6) is 0 Å². The van der Waals surface area contributed by atoms with Crippen LogP contribution in [0.25, 0.3) is 5.69 Å². The second kappa shape index (κ2) is 8.60. The third-order valence-electron chi connectivity index (χ3n) is 3.62. The molecule has 0 atom stereocenters. The second-order valence-electron chi connectivity index (χ2n) is 5.73. The third-order valence-corrected chi connectivity index (χ3v) is 5.25. The van der Waals surface area contributed by atoms with E-state index in [1.807, 2.05) is 0 Å². The van der Waals surface area contributed by atoms with Crippen LogP contribution < -0.4 is 5.32 Å². The average molecular weight is 462 g/mol. The average Bonchev–Trinajstić information content (AvgIpc) is 3.04. The molecule has 2 heterocycles. The van der Waals surface area contributed by atoms with E-state index in [1.165, 1.54) is 13.0 Å². The zero-order chi connectivity index (χ0) is 21.2. The molecule has 152 valence electrons. The summed E-state index contributed by atoms with van der Waals surface area (Å²) in [5.41, 5.74) is -0.279. The zero-order valence-electron chi connectivity index (χ0n) is 14.7. The van der Waals surface area contributed by atoms with Crippen molar-refractivity contribution in [2.45, 2.75) is 29.8 Å². The van der Waals surface area contributed by atoms with E-state index in [0.29, 0.717) is 26.7 Å². The molecule has 0 radical (unpaired) electrons. The van der Waals surface area contributed by atoms with Gasteiger partial charge < -0.3 is 5.32 Å². The molecular weight excluding hydrogens is 450 g/mol. The van der Waals surface area contributed by atoms with Crippen molar-refractivity contribution >= 4 is 40.9 Å². The Hall–Kier alpha value is -2.30. The predicted molar refractivity (Wildman–Crippen MR) is 102 cm³/mol. The molecule has 0 fully saturated rings. The summed E-state index contributed by atoms with van der Waals surface area (Å²) in [7, 11) is 0. The lowest BCUT2D eigenvalue weighted by Gasteiger charge is -2.11. The van der Waals surface area contributed by atoms with Crippen LogP contribution in [-0.2, 0) is 17.5 Å². The number of pyridine rings is 1. The highest BCUT2D eigenvalue weighted by molar-refractivity contribution is 7.99. The molecule has 1 amide bonds. The summed E-state index contributed by atoms with van der Waals surface area (Å²) in [6.07, 6.45) is -3.72. The number of aromatic nitrogens is 4. The number of carbonyl (C=O) groups excluding carboxylic acids is 1. The van der Waals surface area contributed by atoms with Gasteiger partial charge in [-0.05, 0) is 42.1 Å². The van der Waals surface area contributed by atoms with E-state index >= 15 is 0 Å². The molecule has 12 heteroatoms. The van der Waals surface area contributed by atoms with Gasteiger partial charge in [0.25, 0.3) is 0 Å². The quantitative estimate of drug-likeness (QED) is 0.591. The van der Waals surface area contributed by atoms with Gasteiger partial charge in [0.15, 0.2) is 5.82 Å². The van der Waals surface area contributed by atoms with Crippen molar-refractivity contribution in [2.75, 3.05) is 0 Å². The Bertz CT molecular complexity index is 1040. The van der Waals surface area contributed by atoms with E-state index < -0.39 is 11.7 Å². The summed E-state index contributed by atoms with van der Waals surface area (Å²) in [5.74, 6) is 0.139. The molecule has 29 heavy (non-hydrogen) atoms. The Morgan fingerprint density at radius 1 is 1.17 bits per heavy atom. The number of nitrogens with one attached hydrogen (secondary N) is 1. The van der Waals surface area contributed by atoms with Gasteiger partial charge in [0, 0.05) is 13.1 Å². The minimum atomic E-state index is -4.47. The summed E-state index contributed by atoms with van der Waals surface area (Å²) in [5, 5.41) is 12.0. The van der Waals surface area contributed by atoms with E-state index in [-0.39, 0.29) is 17.5 Å². The standard InChI is InChI=1S/C17H12Cl2F3N5OS/c1-9(28)23-8-14-25-26-16(27(14)11-3-4-12(18)13(19)6-11)29-15-5-2-10(7-24-15)17(20,21)22/h2-7H,8H2,1H3,(H,23,28). The van der Waals surface area contributed by atoms with Crippen molar-refractivity contribution in [3.05, 3.63) is 58.0 Å². The first-order valence-electron chi connectivity index (χ1n) is 8.00. The van der Waals surface area contributed by atoms with Crippen molar-refractivity contribution in [3.63, 3.8) is 0 Å². The molecule has 3 aromatic rings. The molecule has 0 saturated heterocycles. The smallest absolute Gasteiger partial charge is 0.349 e. The van der Waals surface area contributed by atoms with Crippen molar-refractivity contribution in [2.24, 2.45) is 0 Å². The number of halogens is 5. The van der Waals surface area contributed by atoms with Crippen LogP contribution in [0.2, 0.25) is 10.0 Å². The highest BCUT2D eigenvalue weighted by Gasteiger charge is 2.30. The van der Waals surface area contributed by atoms with Gasteiger partial charge in [-0.2, -0.15) is 13.2 Å². The molecular formula is C17H12Cl2F3N5OS. The molecule has 0 spiro atoms. The molecule has 0 unspecified atom stereocenters. The predicted octanol–water partition coefficient (Wildman–Crippen LogP) is 4.78. The summed E-state index contributed by atoms with van der Waals surface area (Å²) in [6.45, 7) is 1.45. The molecule has 1 N–H and O–H groups in total. The zero-order valence-corrected chi connectivity index (χ0v) is 17.0. The largest absolute Gasteiger partial charge is 0.417 e. The Kier molecular flexibility index (Phi) is 6.35. The Morgan fingerprint density at radius 2 is 1.93 bits per heavy atom. The lowest BCUT2D eigenvalue weighted by atomic mass is 10.3. The van der Waals surface area contributed by atoms with Gasteiger partial charge in [0.05, 0.1) is 27.8 Å². The molecule has 0 saturated carbocycles. The van der Waals surface area contributed by atoms with Gasteiger partial charge in [-0.25, -0.2) is 4.98 Å². The minimum absolute atomic E-state index is 0.0869. The van der Waals surface area contributed by atoms with Gasteiger partial charge in [-0.1, -0.05) is 23.2 Å². The number of nitrogens with zero attached hydrogens (tertiary/aromatic N) is 4. The van der Waals surface area contributed by atoms with Gasteiger partial charge in [-0.15, -0.1) is 10.2 Å². The second-order valence-corrected chi connectivity index (χ2v) is 7.53. The fraction of sp³-hybridized carbons (Fsp3) is 0.176. The summed E-state index contributed by atoms with van der Waals surface area (Å²) in [4.78, 5) is 15.1. The van der Waals surface area contributed by atoms with Crippen molar-refractivity contribution in [1.82, 2.24) is 25.1 Å². The Morgan fingerprint density at radius 3 is 2.52 bits per heavy atom. The molecule has 0 aliphatic heterocycles. The Labute approximate surface area is 177 Å². The maximum absolute atomic E-state index is 12.7. The van der Waals surface area contributed by atoms with Crippen LogP contribution in [-0.4, -0.2) is 25.7 Å². The molecule has 3 rings (SSSR count). The van der Waals surface area contributed by atoms with Crippen LogP contribution in [0.15, 0.2) is 46.7 Å². The molecule has 6 nitrogen and oxygen atoms in total. The lowest BCUT2D eigenvalue weighted by Crippen LogP contribution is -2.21. The lowest BCUT2D eigenvalue weighted by molar-refractivity contribution is -0.137. The number of benzene rings is 1. The van der Waals surface area contributed by atoms with Crippen LogP contribution in [0.3, 0.4) is 0 Å². The van der Waals surface area contributed by atoms with Crippen molar-refractivity contribution < 1.29 is 18.0 Å². The fourth-order valence-corrected chi connectivity index (χ4v) is 3.37. The fourth-order valence-electron chi connectivity index (χ4n) is 2.27. The molecule has 1 aromatic carbocycles. The molecule has 0 aliphatic carbocycles. The monoisotopic (exact) mass is 461 g/mol. The van der Waals surface area contributed by atoms with Crippen LogP contribution in [0.4, 0.5) is 13.2 Å². The Balaban J connectivity index is 1.97. The first kappa shape index (κ1) is 21.4. The molecule has 0 aliphatic rings. The SMILES string of the molecule is CC(=O)NCc1nnc(Sc2ccc(C(F)(F)F)cn2)n1-c1ccc(Cl)c(Cl)c1. The van der Waals surface area contributed by atoms with Gasteiger partial charge in [0.1, 0.15) is 5.03 Å². The number of carbonyl (C=O) groups is 1.